The molecule has 0 unspecified atom stereocenters. The largest absolute Gasteiger partial charge is 0.368 e. The molecule has 0 radical (unpaired) electrons. The van der Waals surface area contributed by atoms with Crippen LogP contribution in [0.4, 0.5) is 5.82 Å². The highest BCUT2D eigenvalue weighted by Crippen LogP contribution is 2.19. The van der Waals surface area contributed by atoms with Crippen molar-refractivity contribution in [3.05, 3.63) is 65.4 Å². The standard InChI is InChI=1S/C20H24N4O/c25-20(22-15-17-9-5-2-6-10-17)18-11-12-19(24-23-18)21-14-13-16-7-3-1-4-8-16/h2,5-7,9-12H,1,3-4,8,13-15H2,(H,21,24)(H,22,25). The predicted molar refractivity (Wildman–Crippen MR) is 99.3 cm³/mol. The quantitative estimate of drug-likeness (QED) is 0.757. The van der Waals surface area contributed by atoms with Gasteiger partial charge in [0.2, 0.25) is 0 Å². The van der Waals surface area contributed by atoms with Crippen molar-refractivity contribution >= 4 is 11.7 Å². The minimum atomic E-state index is -0.213. The summed E-state index contributed by atoms with van der Waals surface area (Å²) in [6, 6.07) is 13.3. The summed E-state index contributed by atoms with van der Waals surface area (Å²) in [6.07, 6.45) is 8.45. The molecule has 5 heteroatoms. The molecule has 130 valence electrons. The summed E-state index contributed by atoms with van der Waals surface area (Å²) in [6.45, 7) is 1.33. The Labute approximate surface area is 148 Å². The Balaban J connectivity index is 1.44. The van der Waals surface area contributed by atoms with Gasteiger partial charge in [-0.2, -0.15) is 0 Å². The number of amides is 1. The molecule has 2 aromatic rings. The fourth-order valence-electron chi connectivity index (χ4n) is 2.90. The molecule has 1 amide bonds. The lowest BCUT2D eigenvalue weighted by atomic mass is 9.97. The van der Waals surface area contributed by atoms with Gasteiger partial charge in [0.15, 0.2) is 5.69 Å². The maximum atomic E-state index is 12.1. The number of aromatic nitrogens is 2. The van der Waals surface area contributed by atoms with Crippen molar-refractivity contribution in [2.75, 3.05) is 11.9 Å². The van der Waals surface area contributed by atoms with Crippen LogP contribution in [0.25, 0.3) is 0 Å². The van der Waals surface area contributed by atoms with Crippen molar-refractivity contribution in [1.82, 2.24) is 15.5 Å². The molecule has 1 aliphatic rings. The zero-order chi connectivity index (χ0) is 17.3. The van der Waals surface area contributed by atoms with Crippen molar-refractivity contribution in [3.8, 4) is 0 Å². The number of hydrogen-bond donors (Lipinski definition) is 2. The number of hydrogen-bond acceptors (Lipinski definition) is 4. The van der Waals surface area contributed by atoms with Crippen molar-refractivity contribution < 1.29 is 4.79 Å². The molecule has 0 saturated heterocycles. The fraction of sp³-hybridized carbons (Fsp3) is 0.350. The first-order valence-corrected chi connectivity index (χ1v) is 8.89. The summed E-state index contributed by atoms with van der Waals surface area (Å²) < 4.78 is 0. The van der Waals surface area contributed by atoms with Crippen molar-refractivity contribution in [2.45, 2.75) is 38.6 Å². The van der Waals surface area contributed by atoms with Crippen LogP contribution in [0.1, 0.15) is 48.2 Å². The Bertz CT molecular complexity index is 710. The Morgan fingerprint density at radius 2 is 1.92 bits per heavy atom. The van der Waals surface area contributed by atoms with E-state index in [2.05, 4.69) is 26.9 Å². The van der Waals surface area contributed by atoms with Crippen LogP contribution in [0.3, 0.4) is 0 Å². The fourth-order valence-corrected chi connectivity index (χ4v) is 2.90. The summed E-state index contributed by atoms with van der Waals surface area (Å²) in [4.78, 5) is 12.1. The number of nitrogens with one attached hydrogen (secondary N) is 2. The summed E-state index contributed by atoms with van der Waals surface area (Å²) in [5.41, 5.74) is 2.92. The normalized spacial score (nSPS) is 13.8. The summed E-state index contributed by atoms with van der Waals surface area (Å²) >= 11 is 0. The van der Waals surface area contributed by atoms with Crippen LogP contribution in [0.5, 0.6) is 0 Å². The Morgan fingerprint density at radius 1 is 1.04 bits per heavy atom. The van der Waals surface area contributed by atoms with Gasteiger partial charge in [0, 0.05) is 13.1 Å². The van der Waals surface area contributed by atoms with E-state index in [1.165, 1.54) is 31.3 Å². The third kappa shape index (κ3) is 5.41. The minimum absolute atomic E-state index is 0.213. The second-order valence-electron chi connectivity index (χ2n) is 6.26. The maximum Gasteiger partial charge on any atom is 0.272 e. The van der Waals surface area contributed by atoms with E-state index in [9.17, 15) is 4.79 Å². The topological polar surface area (TPSA) is 66.9 Å². The zero-order valence-electron chi connectivity index (χ0n) is 14.4. The van der Waals surface area contributed by atoms with Crippen molar-refractivity contribution in [1.29, 1.82) is 0 Å². The van der Waals surface area contributed by atoms with E-state index in [-0.39, 0.29) is 5.91 Å². The van der Waals surface area contributed by atoms with Gasteiger partial charge in [0.25, 0.3) is 5.91 Å². The molecule has 0 spiro atoms. The number of nitrogens with zero attached hydrogens (tertiary/aromatic N) is 2. The second-order valence-corrected chi connectivity index (χ2v) is 6.26. The first kappa shape index (κ1) is 17.1. The molecule has 1 aliphatic carbocycles. The van der Waals surface area contributed by atoms with Crippen LogP contribution in [-0.4, -0.2) is 22.6 Å². The van der Waals surface area contributed by atoms with Gasteiger partial charge >= 0.3 is 0 Å². The molecule has 0 atom stereocenters. The molecule has 0 fully saturated rings. The maximum absolute atomic E-state index is 12.1. The number of carbonyl (C=O) groups is 1. The molecule has 1 aromatic heterocycles. The van der Waals surface area contributed by atoms with E-state index in [0.29, 0.717) is 18.1 Å². The molecule has 2 N–H and O–H groups in total. The van der Waals surface area contributed by atoms with Gasteiger partial charge in [0.1, 0.15) is 5.82 Å². The molecule has 1 aromatic carbocycles. The first-order chi connectivity index (χ1) is 12.3. The van der Waals surface area contributed by atoms with E-state index in [4.69, 9.17) is 0 Å². The van der Waals surface area contributed by atoms with Crippen LogP contribution in [0, 0.1) is 0 Å². The van der Waals surface area contributed by atoms with Gasteiger partial charge < -0.3 is 10.6 Å². The molecule has 5 nitrogen and oxygen atoms in total. The smallest absolute Gasteiger partial charge is 0.272 e. The highest BCUT2D eigenvalue weighted by atomic mass is 16.1. The molecule has 25 heavy (non-hydrogen) atoms. The van der Waals surface area contributed by atoms with Crippen molar-refractivity contribution in [3.63, 3.8) is 0 Å². The van der Waals surface area contributed by atoms with Crippen LogP contribution < -0.4 is 10.6 Å². The van der Waals surface area contributed by atoms with Gasteiger partial charge in [-0.3, -0.25) is 4.79 Å². The Hall–Kier alpha value is -2.69. The Morgan fingerprint density at radius 3 is 2.64 bits per heavy atom. The third-order valence-corrected chi connectivity index (χ3v) is 4.33. The van der Waals surface area contributed by atoms with Crippen LogP contribution in [0.2, 0.25) is 0 Å². The molecule has 3 rings (SSSR count). The van der Waals surface area contributed by atoms with Crippen LogP contribution in [0.15, 0.2) is 54.1 Å². The molecular formula is C20H24N4O. The lowest BCUT2D eigenvalue weighted by Crippen LogP contribution is -2.24. The van der Waals surface area contributed by atoms with Gasteiger partial charge in [-0.15, -0.1) is 10.2 Å². The number of benzene rings is 1. The summed E-state index contributed by atoms with van der Waals surface area (Å²) in [5, 5.41) is 14.2. The minimum Gasteiger partial charge on any atom is -0.368 e. The average Bonchev–Trinajstić information content (AvgIpc) is 2.68. The van der Waals surface area contributed by atoms with Crippen molar-refractivity contribution in [2.24, 2.45) is 0 Å². The lowest BCUT2D eigenvalue weighted by Gasteiger charge is -2.13. The molecular weight excluding hydrogens is 312 g/mol. The van der Waals surface area contributed by atoms with Gasteiger partial charge in [0.05, 0.1) is 0 Å². The third-order valence-electron chi connectivity index (χ3n) is 4.33. The highest BCUT2D eigenvalue weighted by molar-refractivity contribution is 5.92. The molecule has 1 heterocycles. The second kappa shape index (κ2) is 8.97. The average molecular weight is 336 g/mol. The lowest BCUT2D eigenvalue weighted by molar-refractivity contribution is 0.0945. The predicted octanol–water partition coefficient (Wildman–Crippen LogP) is 3.71. The monoisotopic (exact) mass is 336 g/mol. The SMILES string of the molecule is O=C(NCc1ccccc1)c1ccc(NCCC2=CCCCC2)nn1. The number of anilines is 1. The van der Waals surface area contributed by atoms with Gasteiger partial charge in [-0.25, -0.2) is 0 Å². The summed E-state index contributed by atoms with van der Waals surface area (Å²) in [5.74, 6) is 0.492. The first-order valence-electron chi connectivity index (χ1n) is 8.89. The van der Waals surface area contributed by atoms with E-state index in [0.717, 1.165) is 18.5 Å². The van der Waals surface area contributed by atoms with Gasteiger partial charge in [-0.05, 0) is 49.8 Å². The van der Waals surface area contributed by atoms with E-state index < -0.39 is 0 Å². The number of rotatable bonds is 7. The van der Waals surface area contributed by atoms with Crippen LogP contribution >= 0.6 is 0 Å². The van der Waals surface area contributed by atoms with E-state index in [1.54, 1.807) is 12.1 Å². The number of allylic oxidation sites excluding steroid dienone is 1. The molecule has 0 bridgehead atoms. The van der Waals surface area contributed by atoms with Crippen LogP contribution in [-0.2, 0) is 6.54 Å². The molecule has 0 aliphatic heterocycles. The highest BCUT2D eigenvalue weighted by Gasteiger charge is 2.08. The van der Waals surface area contributed by atoms with E-state index >= 15 is 0 Å². The van der Waals surface area contributed by atoms with Gasteiger partial charge in [-0.1, -0.05) is 42.0 Å². The zero-order valence-corrected chi connectivity index (χ0v) is 14.4. The number of carbonyl (C=O) groups excluding carboxylic acids is 1. The molecule has 0 saturated carbocycles. The summed E-state index contributed by atoms with van der Waals surface area (Å²) in [7, 11) is 0. The van der Waals surface area contributed by atoms with E-state index in [1.807, 2.05) is 30.3 Å². The Kier molecular flexibility index (Phi) is 6.15.